The van der Waals surface area contributed by atoms with Crippen LogP contribution in [0.2, 0.25) is 0 Å². The summed E-state index contributed by atoms with van der Waals surface area (Å²) in [7, 11) is 0. The van der Waals surface area contributed by atoms with Gasteiger partial charge >= 0.3 is 0 Å². The van der Waals surface area contributed by atoms with Gasteiger partial charge in [-0.3, -0.25) is 4.79 Å². The largest absolute Gasteiger partial charge is 0.478 e. The number of fused-ring (bicyclic) bond motifs is 1. The van der Waals surface area contributed by atoms with Crippen molar-refractivity contribution in [2.45, 2.75) is 20.0 Å². The van der Waals surface area contributed by atoms with Crippen LogP contribution in [0.15, 0.2) is 35.9 Å². The first-order chi connectivity index (χ1) is 7.66. The Morgan fingerprint density at radius 1 is 1.44 bits per heavy atom. The van der Waals surface area contributed by atoms with Crippen molar-refractivity contribution in [3.8, 4) is 5.75 Å². The van der Waals surface area contributed by atoms with Crippen LogP contribution in [0.4, 0.5) is 5.69 Å². The molecule has 0 spiro atoms. The Kier molecular flexibility index (Phi) is 2.95. The number of ketones is 1. The maximum atomic E-state index is 11.8. The molecule has 1 aliphatic heterocycles. The SMILES string of the molecule is CC(C)=CC(=O)C1CNc2ccccc2O1. The number of ether oxygens (including phenoxy) is 1. The normalized spacial score (nSPS) is 17.8. The zero-order chi connectivity index (χ0) is 11.5. The number of hydrogen-bond acceptors (Lipinski definition) is 3. The lowest BCUT2D eigenvalue weighted by Crippen LogP contribution is -2.36. The van der Waals surface area contributed by atoms with Crippen LogP contribution in [0.5, 0.6) is 5.75 Å². The molecule has 1 heterocycles. The molecular formula is C13H15NO2. The summed E-state index contributed by atoms with van der Waals surface area (Å²) >= 11 is 0. The summed E-state index contributed by atoms with van der Waals surface area (Å²) < 4.78 is 5.64. The van der Waals surface area contributed by atoms with Crippen LogP contribution in [0.25, 0.3) is 0 Å². The quantitative estimate of drug-likeness (QED) is 0.773. The summed E-state index contributed by atoms with van der Waals surface area (Å²) in [5.41, 5.74) is 1.94. The number of carbonyl (C=O) groups is 1. The number of allylic oxidation sites excluding steroid dienone is 1. The highest BCUT2D eigenvalue weighted by Crippen LogP contribution is 2.28. The van der Waals surface area contributed by atoms with Crippen molar-refractivity contribution in [1.29, 1.82) is 0 Å². The predicted molar refractivity (Wildman–Crippen MR) is 63.8 cm³/mol. The van der Waals surface area contributed by atoms with E-state index in [1.807, 2.05) is 38.1 Å². The van der Waals surface area contributed by atoms with E-state index < -0.39 is 6.10 Å². The fraction of sp³-hybridized carbons (Fsp3) is 0.308. The smallest absolute Gasteiger partial charge is 0.197 e. The predicted octanol–water partition coefficient (Wildman–Crippen LogP) is 2.39. The van der Waals surface area contributed by atoms with Crippen LogP contribution in [0, 0.1) is 0 Å². The molecule has 0 saturated carbocycles. The number of hydrogen-bond donors (Lipinski definition) is 1. The Hall–Kier alpha value is -1.77. The number of anilines is 1. The van der Waals surface area contributed by atoms with Gasteiger partial charge in [0.25, 0.3) is 0 Å². The van der Waals surface area contributed by atoms with Gasteiger partial charge in [0, 0.05) is 0 Å². The molecule has 0 bridgehead atoms. The lowest BCUT2D eigenvalue weighted by molar-refractivity contribution is -0.120. The molecule has 1 N–H and O–H groups in total. The van der Waals surface area contributed by atoms with Crippen molar-refractivity contribution in [1.82, 2.24) is 0 Å². The lowest BCUT2D eigenvalue weighted by Gasteiger charge is -2.25. The van der Waals surface area contributed by atoms with Crippen molar-refractivity contribution >= 4 is 11.5 Å². The van der Waals surface area contributed by atoms with Crippen molar-refractivity contribution in [2.24, 2.45) is 0 Å². The second-order valence-electron chi connectivity index (χ2n) is 4.11. The van der Waals surface area contributed by atoms with Crippen LogP contribution in [-0.2, 0) is 4.79 Å². The van der Waals surface area contributed by atoms with Gasteiger partial charge in [-0.05, 0) is 32.1 Å². The van der Waals surface area contributed by atoms with Crippen molar-refractivity contribution < 1.29 is 9.53 Å². The molecule has 1 aliphatic rings. The fourth-order valence-electron chi connectivity index (χ4n) is 1.65. The van der Waals surface area contributed by atoms with Gasteiger partial charge in [-0.15, -0.1) is 0 Å². The van der Waals surface area contributed by atoms with Crippen molar-refractivity contribution in [3.05, 3.63) is 35.9 Å². The third-order valence-electron chi connectivity index (χ3n) is 2.38. The third-order valence-corrected chi connectivity index (χ3v) is 2.38. The van der Waals surface area contributed by atoms with E-state index in [4.69, 9.17) is 4.74 Å². The number of nitrogens with one attached hydrogen (secondary N) is 1. The monoisotopic (exact) mass is 217 g/mol. The molecule has 16 heavy (non-hydrogen) atoms. The summed E-state index contributed by atoms with van der Waals surface area (Å²) in [6, 6.07) is 7.64. The van der Waals surface area contributed by atoms with Gasteiger partial charge < -0.3 is 10.1 Å². The first kappa shape index (κ1) is 10.7. The molecule has 1 aromatic carbocycles. The van der Waals surface area contributed by atoms with Crippen LogP contribution in [-0.4, -0.2) is 18.4 Å². The second kappa shape index (κ2) is 4.39. The minimum atomic E-state index is -0.412. The highest BCUT2D eigenvalue weighted by atomic mass is 16.5. The maximum Gasteiger partial charge on any atom is 0.197 e. The Labute approximate surface area is 95.1 Å². The van der Waals surface area contributed by atoms with E-state index in [1.54, 1.807) is 6.08 Å². The number of para-hydroxylation sites is 2. The molecule has 0 fully saturated rings. The van der Waals surface area contributed by atoms with Gasteiger partial charge in [0.1, 0.15) is 5.75 Å². The molecule has 0 saturated heterocycles. The van der Waals surface area contributed by atoms with E-state index in [9.17, 15) is 4.79 Å². The minimum Gasteiger partial charge on any atom is -0.478 e. The van der Waals surface area contributed by atoms with Crippen LogP contribution in [0.3, 0.4) is 0 Å². The highest BCUT2D eigenvalue weighted by Gasteiger charge is 2.23. The molecule has 2 rings (SSSR count). The number of benzene rings is 1. The highest BCUT2D eigenvalue weighted by molar-refractivity contribution is 5.95. The molecule has 0 amide bonds. The molecule has 0 radical (unpaired) electrons. The van der Waals surface area contributed by atoms with Gasteiger partial charge in [0.2, 0.25) is 0 Å². The summed E-state index contributed by atoms with van der Waals surface area (Å²) in [6.45, 7) is 4.34. The Morgan fingerprint density at radius 2 is 2.19 bits per heavy atom. The summed E-state index contributed by atoms with van der Waals surface area (Å²) in [4.78, 5) is 11.8. The zero-order valence-electron chi connectivity index (χ0n) is 9.49. The van der Waals surface area contributed by atoms with Gasteiger partial charge in [0.15, 0.2) is 11.9 Å². The van der Waals surface area contributed by atoms with Crippen molar-refractivity contribution in [3.63, 3.8) is 0 Å². The molecule has 0 aromatic heterocycles. The zero-order valence-corrected chi connectivity index (χ0v) is 9.49. The molecule has 3 nitrogen and oxygen atoms in total. The average Bonchev–Trinajstić information content (AvgIpc) is 2.27. The summed E-state index contributed by atoms with van der Waals surface area (Å²) in [6.07, 6.45) is 1.21. The molecule has 1 aromatic rings. The third kappa shape index (κ3) is 2.24. The van der Waals surface area contributed by atoms with Crippen LogP contribution >= 0.6 is 0 Å². The standard InChI is InChI=1S/C13H15NO2/c1-9(2)7-11(15)13-8-14-10-5-3-4-6-12(10)16-13/h3-7,13-14H,8H2,1-2H3. The Balaban J connectivity index is 2.14. The molecule has 3 heteroatoms. The molecule has 0 aliphatic carbocycles. The van der Waals surface area contributed by atoms with Crippen LogP contribution < -0.4 is 10.1 Å². The minimum absolute atomic E-state index is 0.0157. The molecule has 1 unspecified atom stereocenters. The first-order valence-electron chi connectivity index (χ1n) is 5.35. The molecule has 1 atom stereocenters. The van der Waals surface area contributed by atoms with Gasteiger partial charge in [-0.25, -0.2) is 0 Å². The topological polar surface area (TPSA) is 38.3 Å². The van der Waals surface area contributed by atoms with E-state index in [0.717, 1.165) is 17.0 Å². The van der Waals surface area contributed by atoms with E-state index in [0.29, 0.717) is 6.54 Å². The first-order valence-corrected chi connectivity index (χ1v) is 5.35. The Morgan fingerprint density at radius 3 is 2.94 bits per heavy atom. The van der Waals surface area contributed by atoms with E-state index in [-0.39, 0.29) is 5.78 Å². The van der Waals surface area contributed by atoms with Gasteiger partial charge in [-0.1, -0.05) is 17.7 Å². The number of rotatable bonds is 2. The van der Waals surface area contributed by atoms with Gasteiger partial charge in [0.05, 0.1) is 12.2 Å². The maximum absolute atomic E-state index is 11.8. The molecule has 84 valence electrons. The van der Waals surface area contributed by atoms with Crippen molar-refractivity contribution in [2.75, 3.05) is 11.9 Å². The summed E-state index contributed by atoms with van der Waals surface area (Å²) in [5.74, 6) is 0.760. The van der Waals surface area contributed by atoms with E-state index in [2.05, 4.69) is 5.32 Å². The second-order valence-corrected chi connectivity index (χ2v) is 4.11. The number of carbonyl (C=O) groups excluding carboxylic acids is 1. The van der Waals surface area contributed by atoms with Gasteiger partial charge in [-0.2, -0.15) is 0 Å². The molecular weight excluding hydrogens is 202 g/mol. The Bertz CT molecular complexity index is 433. The lowest BCUT2D eigenvalue weighted by atomic mass is 10.1. The van der Waals surface area contributed by atoms with E-state index in [1.165, 1.54) is 0 Å². The fourth-order valence-corrected chi connectivity index (χ4v) is 1.65. The average molecular weight is 217 g/mol. The summed E-state index contributed by atoms with van der Waals surface area (Å²) in [5, 5.41) is 3.19. The van der Waals surface area contributed by atoms with E-state index >= 15 is 0 Å². The van der Waals surface area contributed by atoms with Crippen LogP contribution in [0.1, 0.15) is 13.8 Å².